The van der Waals surface area contributed by atoms with Crippen LogP contribution in [0.4, 0.5) is 9.52 Å². The highest BCUT2D eigenvalue weighted by Crippen LogP contribution is 2.23. The van der Waals surface area contributed by atoms with E-state index in [0.29, 0.717) is 23.7 Å². The molecule has 0 N–H and O–H groups in total. The van der Waals surface area contributed by atoms with Crippen molar-refractivity contribution in [3.63, 3.8) is 0 Å². The van der Waals surface area contributed by atoms with Crippen LogP contribution in [0, 0.1) is 5.82 Å². The van der Waals surface area contributed by atoms with Gasteiger partial charge in [-0.25, -0.2) is 9.37 Å². The quantitative estimate of drug-likeness (QED) is 0.707. The molecule has 0 aliphatic carbocycles. The molecule has 3 rings (SSSR count). The first kappa shape index (κ1) is 15.9. The molecule has 3 aromatic rings. The third-order valence-electron chi connectivity index (χ3n) is 3.49. The second kappa shape index (κ2) is 6.64. The number of imidazole rings is 1. The summed E-state index contributed by atoms with van der Waals surface area (Å²) in [5.41, 5.74) is 0.619. The molecule has 1 aromatic carbocycles. The normalized spacial score (nSPS) is 11.0. The van der Waals surface area contributed by atoms with E-state index in [4.69, 9.17) is 11.6 Å². The van der Waals surface area contributed by atoms with E-state index in [1.807, 2.05) is 29.6 Å². The topological polar surface area (TPSA) is 46.8 Å². The maximum atomic E-state index is 13.7. The number of hydrogen-bond donors (Lipinski definition) is 0. The largest absolute Gasteiger partial charge is 0.342 e. The van der Waals surface area contributed by atoms with Gasteiger partial charge in [0.05, 0.1) is 12.7 Å². The number of nitrogens with zero attached hydrogens (tertiary/aromatic N) is 5. The highest BCUT2D eigenvalue weighted by Gasteiger charge is 2.14. The van der Waals surface area contributed by atoms with E-state index in [0.717, 1.165) is 16.0 Å². The summed E-state index contributed by atoms with van der Waals surface area (Å²) in [4.78, 5) is 6.21. The molecule has 0 aliphatic heterocycles. The van der Waals surface area contributed by atoms with Crippen molar-refractivity contribution in [1.82, 2.24) is 19.7 Å². The molecule has 0 saturated heterocycles. The molecule has 0 amide bonds. The third kappa shape index (κ3) is 3.51. The van der Waals surface area contributed by atoms with Crippen molar-refractivity contribution < 1.29 is 4.39 Å². The van der Waals surface area contributed by atoms with Gasteiger partial charge in [0.25, 0.3) is 0 Å². The van der Waals surface area contributed by atoms with Crippen LogP contribution in [0.25, 0.3) is 0 Å². The summed E-state index contributed by atoms with van der Waals surface area (Å²) in [5, 5.41) is 10.4. The SMILES string of the molecule is CN(Cc1ncc(Cl)n1C)c1nnc(Cc2ccccc2F)s1. The fourth-order valence-corrected chi connectivity index (χ4v) is 3.09. The van der Waals surface area contributed by atoms with Crippen molar-refractivity contribution in [3.8, 4) is 0 Å². The highest BCUT2D eigenvalue weighted by atomic mass is 35.5. The van der Waals surface area contributed by atoms with Crippen molar-refractivity contribution in [2.24, 2.45) is 7.05 Å². The molecule has 5 nitrogen and oxygen atoms in total. The maximum absolute atomic E-state index is 13.7. The fraction of sp³-hybridized carbons (Fsp3) is 0.267. The van der Waals surface area contributed by atoms with Gasteiger partial charge in [0.1, 0.15) is 21.8 Å². The number of anilines is 1. The number of rotatable bonds is 5. The summed E-state index contributed by atoms with van der Waals surface area (Å²) >= 11 is 7.43. The predicted molar refractivity (Wildman–Crippen MR) is 89.4 cm³/mol. The van der Waals surface area contributed by atoms with E-state index in [1.54, 1.807) is 18.3 Å². The number of aromatic nitrogens is 4. The Morgan fingerprint density at radius 2 is 2.09 bits per heavy atom. The summed E-state index contributed by atoms with van der Waals surface area (Å²) in [7, 11) is 3.78. The van der Waals surface area contributed by atoms with Gasteiger partial charge >= 0.3 is 0 Å². The maximum Gasteiger partial charge on any atom is 0.208 e. The molecule has 23 heavy (non-hydrogen) atoms. The average molecular weight is 352 g/mol. The lowest BCUT2D eigenvalue weighted by Gasteiger charge is -2.14. The van der Waals surface area contributed by atoms with Gasteiger partial charge in [-0.3, -0.25) is 0 Å². The van der Waals surface area contributed by atoms with Crippen LogP contribution in [-0.2, 0) is 20.0 Å². The average Bonchev–Trinajstić information content (AvgIpc) is 3.12. The number of halogens is 2. The van der Waals surface area contributed by atoms with Crippen LogP contribution in [0.15, 0.2) is 30.5 Å². The Morgan fingerprint density at radius 1 is 1.30 bits per heavy atom. The highest BCUT2D eigenvalue weighted by molar-refractivity contribution is 7.15. The Labute approximate surface area is 142 Å². The van der Waals surface area contributed by atoms with Gasteiger partial charge in [-0.05, 0) is 11.6 Å². The Hall–Kier alpha value is -1.99. The lowest BCUT2D eigenvalue weighted by atomic mass is 10.1. The fourth-order valence-electron chi connectivity index (χ4n) is 2.13. The summed E-state index contributed by atoms with van der Waals surface area (Å²) < 4.78 is 15.5. The first-order valence-electron chi connectivity index (χ1n) is 6.97. The van der Waals surface area contributed by atoms with E-state index in [9.17, 15) is 4.39 Å². The van der Waals surface area contributed by atoms with Crippen molar-refractivity contribution in [3.05, 3.63) is 57.8 Å². The molecule has 0 bridgehead atoms. The lowest BCUT2D eigenvalue weighted by Crippen LogP contribution is -2.18. The van der Waals surface area contributed by atoms with Gasteiger partial charge in [0, 0.05) is 20.5 Å². The molecule has 0 fully saturated rings. The Morgan fingerprint density at radius 3 is 2.78 bits per heavy atom. The van der Waals surface area contributed by atoms with Crippen LogP contribution in [0.5, 0.6) is 0 Å². The summed E-state index contributed by atoms with van der Waals surface area (Å²) in [6, 6.07) is 6.71. The molecule has 0 radical (unpaired) electrons. The van der Waals surface area contributed by atoms with E-state index in [1.165, 1.54) is 17.4 Å². The van der Waals surface area contributed by atoms with Gasteiger partial charge in [0.15, 0.2) is 0 Å². The van der Waals surface area contributed by atoms with E-state index in [-0.39, 0.29) is 5.82 Å². The smallest absolute Gasteiger partial charge is 0.208 e. The minimum atomic E-state index is -0.222. The van der Waals surface area contributed by atoms with Crippen LogP contribution in [0.1, 0.15) is 16.4 Å². The monoisotopic (exact) mass is 351 g/mol. The van der Waals surface area contributed by atoms with Crippen molar-refractivity contribution in [2.45, 2.75) is 13.0 Å². The standard InChI is InChI=1S/C15H15ClFN5S/c1-21(9-13-18-8-12(16)22(13)2)15-20-19-14(23-15)7-10-5-3-4-6-11(10)17/h3-6,8H,7,9H2,1-2H3. The minimum Gasteiger partial charge on any atom is -0.342 e. The van der Waals surface area contributed by atoms with Crippen LogP contribution in [-0.4, -0.2) is 26.8 Å². The van der Waals surface area contributed by atoms with Gasteiger partial charge in [-0.2, -0.15) is 0 Å². The zero-order valence-electron chi connectivity index (χ0n) is 12.7. The van der Waals surface area contributed by atoms with Crippen LogP contribution in [0.2, 0.25) is 5.15 Å². The van der Waals surface area contributed by atoms with Gasteiger partial charge < -0.3 is 9.47 Å². The zero-order valence-corrected chi connectivity index (χ0v) is 14.3. The molecule has 120 valence electrons. The summed E-state index contributed by atoms with van der Waals surface area (Å²) in [5.74, 6) is 0.614. The van der Waals surface area contributed by atoms with Crippen molar-refractivity contribution >= 4 is 28.1 Å². The molecule has 0 unspecified atom stereocenters. The third-order valence-corrected chi connectivity index (χ3v) is 4.88. The Balaban J connectivity index is 1.71. The number of benzene rings is 1. The first-order valence-corrected chi connectivity index (χ1v) is 8.17. The molecular formula is C15H15ClFN5S. The van der Waals surface area contributed by atoms with Gasteiger partial charge in [-0.1, -0.05) is 41.1 Å². The van der Waals surface area contributed by atoms with E-state index >= 15 is 0 Å². The second-order valence-electron chi connectivity index (χ2n) is 5.16. The molecule has 2 heterocycles. The van der Waals surface area contributed by atoms with Crippen LogP contribution >= 0.6 is 22.9 Å². The van der Waals surface area contributed by atoms with Gasteiger partial charge in [-0.15, -0.1) is 10.2 Å². The molecule has 0 saturated carbocycles. The summed E-state index contributed by atoms with van der Waals surface area (Å²) in [6.45, 7) is 0.567. The van der Waals surface area contributed by atoms with E-state index < -0.39 is 0 Å². The molecule has 0 aliphatic rings. The Kier molecular flexibility index (Phi) is 4.58. The molecule has 2 aromatic heterocycles. The van der Waals surface area contributed by atoms with E-state index in [2.05, 4.69) is 15.2 Å². The van der Waals surface area contributed by atoms with Crippen LogP contribution < -0.4 is 4.90 Å². The first-order chi connectivity index (χ1) is 11.0. The molecule has 0 atom stereocenters. The van der Waals surface area contributed by atoms with Crippen molar-refractivity contribution in [2.75, 3.05) is 11.9 Å². The predicted octanol–water partition coefficient (Wildman–Crippen LogP) is 3.29. The molecule has 8 heteroatoms. The number of hydrogen-bond acceptors (Lipinski definition) is 5. The Bertz CT molecular complexity index is 816. The van der Waals surface area contributed by atoms with Crippen LogP contribution in [0.3, 0.4) is 0 Å². The summed E-state index contributed by atoms with van der Waals surface area (Å²) in [6.07, 6.45) is 2.06. The van der Waals surface area contributed by atoms with Gasteiger partial charge in [0.2, 0.25) is 5.13 Å². The second-order valence-corrected chi connectivity index (χ2v) is 6.59. The lowest BCUT2D eigenvalue weighted by molar-refractivity contribution is 0.613. The zero-order chi connectivity index (χ0) is 16.4. The minimum absolute atomic E-state index is 0.222. The molecule has 0 spiro atoms. The van der Waals surface area contributed by atoms with Crippen molar-refractivity contribution in [1.29, 1.82) is 0 Å². The molecular weight excluding hydrogens is 337 g/mol.